The first-order valence-electron chi connectivity index (χ1n) is 8.67. The normalized spacial score (nSPS) is 18.0. The van der Waals surface area contributed by atoms with Crippen LogP contribution in [0.4, 0.5) is 19.1 Å². The topological polar surface area (TPSA) is 84.1 Å². The first kappa shape index (κ1) is 19.1. The fraction of sp³-hybridized carbons (Fsp3) is 0.529. The summed E-state index contributed by atoms with van der Waals surface area (Å²) in [5, 5.41) is 13.5. The summed E-state index contributed by atoms with van der Waals surface area (Å²) in [7, 11) is 0. The minimum absolute atomic E-state index is 0.0866. The number of rotatable bonds is 4. The highest BCUT2D eigenvalue weighted by molar-refractivity contribution is 5.71. The minimum Gasteiger partial charge on any atom is -0.481 e. The monoisotopic (exact) mass is 383 g/mol. The zero-order chi connectivity index (χ0) is 19.8. The molecule has 0 bridgehead atoms. The van der Waals surface area contributed by atoms with Crippen molar-refractivity contribution in [2.45, 2.75) is 39.4 Å². The number of hydrogen-bond acceptors (Lipinski definition) is 5. The molecule has 0 aromatic carbocycles. The Hall–Kier alpha value is -2.65. The van der Waals surface area contributed by atoms with Crippen molar-refractivity contribution in [2.75, 3.05) is 18.0 Å². The number of anilines is 1. The van der Waals surface area contributed by atoms with Crippen molar-refractivity contribution in [1.82, 2.24) is 19.7 Å². The van der Waals surface area contributed by atoms with E-state index in [1.54, 1.807) is 17.8 Å². The molecule has 0 spiro atoms. The summed E-state index contributed by atoms with van der Waals surface area (Å²) < 4.78 is 41.8. The van der Waals surface area contributed by atoms with E-state index in [1.807, 2.05) is 6.92 Å². The molecule has 3 rings (SSSR count). The van der Waals surface area contributed by atoms with Crippen molar-refractivity contribution in [2.24, 2.45) is 5.92 Å². The van der Waals surface area contributed by atoms with Gasteiger partial charge in [-0.1, -0.05) is 0 Å². The molecule has 27 heavy (non-hydrogen) atoms. The fourth-order valence-electron chi connectivity index (χ4n) is 3.15. The van der Waals surface area contributed by atoms with Gasteiger partial charge in [0.25, 0.3) is 0 Å². The van der Waals surface area contributed by atoms with E-state index >= 15 is 0 Å². The number of halogens is 3. The molecule has 7 nitrogen and oxygen atoms in total. The Morgan fingerprint density at radius 1 is 1.37 bits per heavy atom. The van der Waals surface area contributed by atoms with Gasteiger partial charge in [0.15, 0.2) is 5.69 Å². The van der Waals surface area contributed by atoms with Crippen LogP contribution in [0.2, 0.25) is 0 Å². The van der Waals surface area contributed by atoms with Crippen molar-refractivity contribution in [3.63, 3.8) is 0 Å². The maximum Gasteiger partial charge on any atom is 0.433 e. The highest BCUT2D eigenvalue weighted by Gasteiger charge is 2.35. The van der Waals surface area contributed by atoms with Gasteiger partial charge in [0.1, 0.15) is 0 Å². The Kier molecular flexibility index (Phi) is 5.07. The summed E-state index contributed by atoms with van der Waals surface area (Å²) in [4.78, 5) is 20.8. The molecular formula is C17H20F3N5O2. The number of aliphatic carboxylic acids is 1. The smallest absolute Gasteiger partial charge is 0.433 e. The Bertz CT molecular complexity index is 850. The van der Waals surface area contributed by atoms with Crippen molar-refractivity contribution in [1.29, 1.82) is 0 Å². The summed E-state index contributed by atoms with van der Waals surface area (Å²) in [6.45, 7) is 4.67. The third kappa shape index (κ3) is 4.04. The highest BCUT2D eigenvalue weighted by atomic mass is 19.4. The average Bonchev–Trinajstić information content (AvgIpc) is 3.01. The number of aryl methyl sites for hydroxylation is 2. The van der Waals surface area contributed by atoms with Crippen molar-refractivity contribution in [3.05, 3.63) is 23.7 Å². The predicted molar refractivity (Wildman–Crippen MR) is 91.2 cm³/mol. The highest BCUT2D eigenvalue weighted by Crippen LogP contribution is 2.33. The Morgan fingerprint density at radius 2 is 2.11 bits per heavy atom. The van der Waals surface area contributed by atoms with Gasteiger partial charge in [0, 0.05) is 31.4 Å². The zero-order valence-electron chi connectivity index (χ0n) is 15.0. The number of nitrogens with zero attached hydrogens (tertiary/aromatic N) is 5. The second-order valence-corrected chi connectivity index (χ2v) is 6.54. The van der Waals surface area contributed by atoms with Crippen LogP contribution in [-0.2, 0) is 17.5 Å². The molecule has 2 aromatic rings. The number of carboxylic acids is 1. The van der Waals surface area contributed by atoms with E-state index in [-0.39, 0.29) is 18.2 Å². The number of alkyl halides is 3. The molecular weight excluding hydrogens is 363 g/mol. The first-order valence-corrected chi connectivity index (χ1v) is 8.67. The van der Waals surface area contributed by atoms with Crippen LogP contribution in [0.3, 0.4) is 0 Å². The van der Waals surface area contributed by atoms with Crippen LogP contribution in [-0.4, -0.2) is 43.9 Å². The molecule has 146 valence electrons. The van der Waals surface area contributed by atoms with Crippen molar-refractivity contribution < 1.29 is 23.1 Å². The zero-order valence-corrected chi connectivity index (χ0v) is 15.0. The van der Waals surface area contributed by atoms with Crippen molar-refractivity contribution >= 4 is 11.9 Å². The average molecular weight is 383 g/mol. The minimum atomic E-state index is -4.64. The van der Waals surface area contributed by atoms with Gasteiger partial charge in [-0.2, -0.15) is 18.3 Å². The first-order chi connectivity index (χ1) is 12.7. The molecule has 10 heteroatoms. The maximum absolute atomic E-state index is 13.4. The molecule has 0 amide bonds. The lowest BCUT2D eigenvalue weighted by molar-refractivity contribution is -0.142. The molecule has 1 fully saturated rings. The molecule has 2 aromatic heterocycles. The summed E-state index contributed by atoms with van der Waals surface area (Å²) >= 11 is 0. The van der Waals surface area contributed by atoms with Crippen LogP contribution in [0, 0.1) is 12.8 Å². The van der Waals surface area contributed by atoms with Gasteiger partial charge in [-0.3, -0.25) is 9.48 Å². The van der Waals surface area contributed by atoms with E-state index in [2.05, 4.69) is 15.1 Å². The predicted octanol–water partition coefficient (Wildman–Crippen LogP) is 2.99. The number of hydrogen-bond donors (Lipinski definition) is 1. The van der Waals surface area contributed by atoms with E-state index in [9.17, 15) is 23.1 Å². The molecule has 1 N–H and O–H groups in total. The lowest BCUT2D eigenvalue weighted by atomic mass is 9.99. The standard InChI is InChI=1S/C17H20F3N5O2/c1-3-25-9-12(10(2)23-25)13-7-14(17(18,19)20)22-16(21-13)24-6-4-5-11(8-24)15(26)27/h7,9,11H,3-6,8H2,1-2H3,(H,26,27). The third-order valence-electron chi connectivity index (χ3n) is 4.60. The molecule has 1 saturated heterocycles. The quantitative estimate of drug-likeness (QED) is 0.874. The second-order valence-electron chi connectivity index (χ2n) is 6.54. The van der Waals surface area contributed by atoms with Gasteiger partial charge < -0.3 is 10.0 Å². The Labute approximate surface area is 153 Å². The van der Waals surface area contributed by atoms with Crippen molar-refractivity contribution in [3.8, 4) is 11.3 Å². The van der Waals surface area contributed by atoms with Gasteiger partial charge in [0.2, 0.25) is 5.95 Å². The number of carbonyl (C=O) groups is 1. The molecule has 3 heterocycles. The largest absolute Gasteiger partial charge is 0.481 e. The molecule has 1 atom stereocenters. The summed E-state index contributed by atoms with van der Waals surface area (Å²) in [5.74, 6) is -1.72. The summed E-state index contributed by atoms with van der Waals surface area (Å²) in [6, 6.07) is 0.909. The van der Waals surface area contributed by atoms with Crippen LogP contribution in [0.5, 0.6) is 0 Å². The van der Waals surface area contributed by atoms with E-state index in [0.29, 0.717) is 37.2 Å². The molecule has 1 unspecified atom stereocenters. The molecule has 0 radical (unpaired) electrons. The summed E-state index contributed by atoms with van der Waals surface area (Å²) in [6.07, 6.45) is -1.94. The molecule has 0 aliphatic carbocycles. The van der Waals surface area contributed by atoms with Gasteiger partial charge >= 0.3 is 12.1 Å². The number of carboxylic acid groups (broad SMARTS) is 1. The Morgan fingerprint density at radius 3 is 2.70 bits per heavy atom. The molecule has 1 aliphatic heterocycles. The maximum atomic E-state index is 13.4. The fourth-order valence-corrected chi connectivity index (χ4v) is 3.15. The number of aromatic nitrogens is 4. The van der Waals surface area contributed by atoms with Crippen LogP contribution in [0.15, 0.2) is 12.3 Å². The van der Waals surface area contributed by atoms with E-state index in [1.165, 1.54) is 4.90 Å². The van der Waals surface area contributed by atoms with Crippen LogP contribution in [0.1, 0.15) is 31.2 Å². The molecule has 1 aliphatic rings. The lowest BCUT2D eigenvalue weighted by Crippen LogP contribution is -2.40. The van der Waals surface area contributed by atoms with Gasteiger partial charge in [-0.05, 0) is 32.8 Å². The third-order valence-corrected chi connectivity index (χ3v) is 4.60. The van der Waals surface area contributed by atoms with E-state index < -0.39 is 23.8 Å². The number of piperidine rings is 1. The van der Waals surface area contributed by atoms with Gasteiger partial charge in [-0.25, -0.2) is 9.97 Å². The Balaban J connectivity index is 2.06. The molecule has 0 saturated carbocycles. The van der Waals surface area contributed by atoms with E-state index in [4.69, 9.17) is 0 Å². The van der Waals surface area contributed by atoms with E-state index in [0.717, 1.165) is 6.07 Å². The SMILES string of the molecule is CCn1cc(-c2cc(C(F)(F)F)nc(N3CCCC(C(=O)O)C3)n2)c(C)n1. The van der Waals surface area contributed by atoms with Crippen LogP contribution in [0.25, 0.3) is 11.3 Å². The van der Waals surface area contributed by atoms with Gasteiger partial charge in [0.05, 0.1) is 17.3 Å². The lowest BCUT2D eigenvalue weighted by Gasteiger charge is -2.31. The van der Waals surface area contributed by atoms with Crippen LogP contribution < -0.4 is 4.90 Å². The second kappa shape index (κ2) is 7.16. The van der Waals surface area contributed by atoms with Gasteiger partial charge in [-0.15, -0.1) is 0 Å². The summed E-state index contributed by atoms with van der Waals surface area (Å²) in [5.41, 5.74) is 0.139. The van der Waals surface area contributed by atoms with Crippen LogP contribution >= 0.6 is 0 Å².